The maximum atomic E-state index is 10.7. The molecule has 3 aromatic carbocycles. The summed E-state index contributed by atoms with van der Waals surface area (Å²) in [5, 5.41) is 15.5. The van der Waals surface area contributed by atoms with Crippen LogP contribution in [0.5, 0.6) is 11.5 Å². The van der Waals surface area contributed by atoms with Crippen LogP contribution in [0.4, 0.5) is 11.4 Å². The molecule has 3 aromatic rings. The van der Waals surface area contributed by atoms with Crippen molar-refractivity contribution in [2.45, 2.75) is 6.61 Å². The molecule has 0 spiro atoms. The second kappa shape index (κ2) is 9.57. The number of rotatable bonds is 8. The SMILES string of the molecule is COc1ccc(C=NNc2ccc([N+](=O)[O-])cc2)cc1OCc1ccc(Cl)cc1. The summed E-state index contributed by atoms with van der Waals surface area (Å²) in [6, 6.07) is 18.9. The van der Waals surface area contributed by atoms with Crippen LogP contribution in [0.1, 0.15) is 11.1 Å². The minimum atomic E-state index is -0.448. The summed E-state index contributed by atoms with van der Waals surface area (Å²) in [7, 11) is 1.58. The molecule has 0 radical (unpaired) electrons. The van der Waals surface area contributed by atoms with E-state index in [2.05, 4.69) is 10.5 Å². The average molecular weight is 412 g/mol. The van der Waals surface area contributed by atoms with Crippen molar-refractivity contribution < 1.29 is 14.4 Å². The van der Waals surface area contributed by atoms with Crippen molar-refractivity contribution in [1.29, 1.82) is 0 Å². The van der Waals surface area contributed by atoms with E-state index < -0.39 is 4.92 Å². The zero-order valence-electron chi connectivity index (χ0n) is 15.5. The van der Waals surface area contributed by atoms with Gasteiger partial charge in [0.1, 0.15) is 6.61 Å². The number of nitrogens with zero attached hydrogens (tertiary/aromatic N) is 2. The molecule has 0 amide bonds. The lowest BCUT2D eigenvalue weighted by molar-refractivity contribution is -0.384. The number of nitro groups is 1. The molecule has 0 saturated heterocycles. The van der Waals surface area contributed by atoms with E-state index in [0.29, 0.717) is 28.8 Å². The molecule has 0 aliphatic rings. The van der Waals surface area contributed by atoms with E-state index in [1.807, 2.05) is 36.4 Å². The largest absolute Gasteiger partial charge is 0.493 e. The number of hydrogen-bond donors (Lipinski definition) is 1. The molecule has 29 heavy (non-hydrogen) atoms. The van der Waals surface area contributed by atoms with Gasteiger partial charge in [0.15, 0.2) is 11.5 Å². The van der Waals surface area contributed by atoms with Gasteiger partial charge in [-0.1, -0.05) is 23.7 Å². The molecule has 8 heteroatoms. The van der Waals surface area contributed by atoms with Crippen LogP contribution < -0.4 is 14.9 Å². The number of nitro benzene ring substituents is 1. The standard InChI is InChI=1S/C21H18ClN3O4/c1-28-20-11-4-16(12-21(20)29-14-15-2-5-17(22)6-3-15)13-23-24-18-7-9-19(10-8-18)25(26)27/h2-13,24H,14H2,1H3. The van der Waals surface area contributed by atoms with Crippen molar-refractivity contribution in [2.24, 2.45) is 5.10 Å². The maximum Gasteiger partial charge on any atom is 0.269 e. The van der Waals surface area contributed by atoms with Crippen molar-refractivity contribution in [1.82, 2.24) is 0 Å². The highest BCUT2D eigenvalue weighted by molar-refractivity contribution is 6.30. The Labute approximate surface area is 172 Å². The second-order valence-corrected chi connectivity index (χ2v) is 6.44. The average Bonchev–Trinajstić information content (AvgIpc) is 2.74. The smallest absolute Gasteiger partial charge is 0.269 e. The molecular formula is C21H18ClN3O4. The third kappa shape index (κ3) is 5.70. The normalized spacial score (nSPS) is 10.7. The van der Waals surface area contributed by atoms with Gasteiger partial charge in [0, 0.05) is 17.2 Å². The lowest BCUT2D eigenvalue weighted by atomic mass is 10.2. The van der Waals surface area contributed by atoms with Crippen LogP contribution in [0.15, 0.2) is 71.8 Å². The van der Waals surface area contributed by atoms with E-state index >= 15 is 0 Å². The second-order valence-electron chi connectivity index (χ2n) is 6.00. The molecule has 1 N–H and O–H groups in total. The summed E-state index contributed by atoms with van der Waals surface area (Å²) in [4.78, 5) is 10.2. The van der Waals surface area contributed by atoms with E-state index in [1.54, 1.807) is 31.5 Å². The number of nitrogens with one attached hydrogen (secondary N) is 1. The van der Waals surface area contributed by atoms with Crippen LogP contribution in [0, 0.1) is 10.1 Å². The number of methoxy groups -OCH3 is 1. The number of hydrazone groups is 1. The third-order valence-electron chi connectivity index (χ3n) is 3.98. The Morgan fingerprint density at radius 3 is 2.45 bits per heavy atom. The number of anilines is 1. The molecule has 0 aromatic heterocycles. The van der Waals surface area contributed by atoms with Crippen molar-refractivity contribution in [3.63, 3.8) is 0 Å². The molecular weight excluding hydrogens is 394 g/mol. The van der Waals surface area contributed by atoms with Crippen LogP contribution in [-0.4, -0.2) is 18.2 Å². The fraction of sp³-hybridized carbons (Fsp3) is 0.0952. The third-order valence-corrected chi connectivity index (χ3v) is 4.23. The lowest BCUT2D eigenvalue weighted by Crippen LogP contribution is -1.99. The van der Waals surface area contributed by atoms with Gasteiger partial charge >= 0.3 is 0 Å². The van der Waals surface area contributed by atoms with Crippen LogP contribution in [0.2, 0.25) is 5.02 Å². The first-order valence-corrected chi connectivity index (χ1v) is 9.02. The van der Waals surface area contributed by atoms with E-state index in [-0.39, 0.29) is 5.69 Å². The molecule has 0 heterocycles. The first-order valence-electron chi connectivity index (χ1n) is 8.64. The highest BCUT2D eigenvalue weighted by atomic mass is 35.5. The van der Waals surface area contributed by atoms with Gasteiger partial charge in [-0.25, -0.2) is 0 Å². The van der Waals surface area contributed by atoms with Gasteiger partial charge in [-0.3, -0.25) is 15.5 Å². The van der Waals surface area contributed by atoms with Gasteiger partial charge < -0.3 is 9.47 Å². The van der Waals surface area contributed by atoms with E-state index in [4.69, 9.17) is 21.1 Å². The molecule has 0 unspecified atom stereocenters. The summed E-state index contributed by atoms with van der Waals surface area (Å²) < 4.78 is 11.2. The van der Waals surface area contributed by atoms with Crippen LogP contribution in [0.3, 0.4) is 0 Å². The Balaban J connectivity index is 1.66. The minimum Gasteiger partial charge on any atom is -0.493 e. The molecule has 7 nitrogen and oxygen atoms in total. The minimum absolute atomic E-state index is 0.0251. The number of hydrogen-bond acceptors (Lipinski definition) is 6. The Bertz CT molecular complexity index is 1010. The van der Waals surface area contributed by atoms with Crippen molar-refractivity contribution in [3.05, 3.63) is 93.0 Å². The zero-order valence-corrected chi connectivity index (χ0v) is 16.3. The Hall–Kier alpha value is -3.58. The quantitative estimate of drug-likeness (QED) is 0.309. The van der Waals surface area contributed by atoms with Crippen molar-refractivity contribution >= 4 is 29.2 Å². The first kappa shape index (κ1) is 20.2. The number of halogens is 1. The summed E-state index contributed by atoms with van der Waals surface area (Å²) in [6.07, 6.45) is 1.62. The van der Waals surface area contributed by atoms with Crippen molar-refractivity contribution in [3.8, 4) is 11.5 Å². The summed E-state index contributed by atoms with van der Waals surface area (Å²) >= 11 is 5.90. The predicted octanol–water partition coefficient (Wildman–Crippen LogP) is 5.28. The van der Waals surface area contributed by atoms with Gasteiger partial charge in [0.2, 0.25) is 0 Å². The summed E-state index contributed by atoms with van der Waals surface area (Å²) in [5.41, 5.74) is 5.28. The molecule has 0 aliphatic heterocycles. The van der Waals surface area contributed by atoms with E-state index in [9.17, 15) is 10.1 Å². The van der Waals surface area contributed by atoms with E-state index in [0.717, 1.165) is 11.1 Å². The van der Waals surface area contributed by atoms with Gasteiger partial charge in [-0.2, -0.15) is 5.10 Å². The highest BCUT2D eigenvalue weighted by Gasteiger charge is 2.06. The molecule has 0 fully saturated rings. The molecule has 0 aliphatic carbocycles. The first-order chi connectivity index (χ1) is 14.0. The van der Waals surface area contributed by atoms with Crippen LogP contribution in [-0.2, 0) is 6.61 Å². The molecule has 0 bridgehead atoms. The van der Waals surface area contributed by atoms with Crippen LogP contribution >= 0.6 is 11.6 Å². The van der Waals surface area contributed by atoms with Gasteiger partial charge in [0.05, 0.1) is 23.9 Å². The number of non-ortho nitro benzene ring substituents is 1. The van der Waals surface area contributed by atoms with Crippen LogP contribution in [0.25, 0.3) is 0 Å². The monoisotopic (exact) mass is 411 g/mol. The predicted molar refractivity (Wildman–Crippen MR) is 113 cm³/mol. The highest BCUT2D eigenvalue weighted by Crippen LogP contribution is 2.28. The number of benzene rings is 3. The number of ether oxygens (including phenoxy) is 2. The Kier molecular flexibility index (Phi) is 6.65. The lowest BCUT2D eigenvalue weighted by Gasteiger charge is -2.11. The van der Waals surface area contributed by atoms with Gasteiger partial charge in [-0.15, -0.1) is 0 Å². The zero-order chi connectivity index (χ0) is 20.6. The maximum absolute atomic E-state index is 10.7. The molecule has 148 valence electrons. The van der Waals surface area contributed by atoms with Gasteiger partial charge in [0.25, 0.3) is 5.69 Å². The topological polar surface area (TPSA) is 86.0 Å². The molecule has 0 atom stereocenters. The van der Waals surface area contributed by atoms with E-state index in [1.165, 1.54) is 12.1 Å². The summed E-state index contributed by atoms with van der Waals surface area (Å²) in [5.74, 6) is 1.20. The fourth-order valence-electron chi connectivity index (χ4n) is 2.47. The Morgan fingerprint density at radius 2 is 1.79 bits per heavy atom. The molecule has 0 saturated carbocycles. The Morgan fingerprint density at radius 1 is 1.07 bits per heavy atom. The van der Waals surface area contributed by atoms with Crippen molar-refractivity contribution in [2.75, 3.05) is 12.5 Å². The summed E-state index contributed by atoms with van der Waals surface area (Å²) in [6.45, 7) is 0.370. The van der Waals surface area contributed by atoms with Gasteiger partial charge in [-0.05, 0) is 53.6 Å². The molecule has 3 rings (SSSR count). The fourth-order valence-corrected chi connectivity index (χ4v) is 2.59.